The molecule has 2 amide bonds. The summed E-state index contributed by atoms with van der Waals surface area (Å²) in [5.74, 6) is -1.03. The fourth-order valence-corrected chi connectivity index (χ4v) is 5.05. The minimum absolute atomic E-state index is 0.142. The molecule has 2 aromatic carbocycles. The summed E-state index contributed by atoms with van der Waals surface area (Å²) in [5.41, 5.74) is 2.69. The lowest BCUT2D eigenvalue weighted by Gasteiger charge is -2.19. The van der Waals surface area contributed by atoms with E-state index in [0.29, 0.717) is 31.5 Å². The van der Waals surface area contributed by atoms with E-state index < -0.39 is 4.92 Å². The van der Waals surface area contributed by atoms with Crippen molar-refractivity contribution in [2.75, 3.05) is 16.8 Å². The Balaban J connectivity index is 1.35. The van der Waals surface area contributed by atoms with E-state index in [1.54, 1.807) is 12.1 Å². The maximum Gasteiger partial charge on any atom is 0.294 e. The highest BCUT2D eigenvalue weighted by Crippen LogP contribution is 2.41. The highest BCUT2D eigenvalue weighted by molar-refractivity contribution is 6.22. The number of imide groups is 1. The van der Waals surface area contributed by atoms with Gasteiger partial charge in [-0.1, -0.05) is 31.0 Å². The zero-order valence-corrected chi connectivity index (χ0v) is 17.5. The van der Waals surface area contributed by atoms with Gasteiger partial charge in [-0.15, -0.1) is 0 Å². The average molecular weight is 432 g/mol. The molecule has 3 aromatic rings. The molecule has 164 valence electrons. The molecule has 0 unspecified atom stereocenters. The number of hydrogen-bond acceptors (Lipinski definition) is 5. The van der Waals surface area contributed by atoms with E-state index in [0.717, 1.165) is 34.2 Å². The summed E-state index contributed by atoms with van der Waals surface area (Å²) in [4.78, 5) is 41.3. The third kappa shape index (κ3) is 3.41. The number of fused-ring (bicyclic) bond motifs is 2. The number of para-hydroxylation sites is 1. The number of benzene rings is 2. The number of anilines is 2. The van der Waals surface area contributed by atoms with Crippen LogP contribution in [0.25, 0.3) is 10.9 Å². The lowest BCUT2D eigenvalue weighted by Crippen LogP contribution is -2.30. The van der Waals surface area contributed by atoms with Crippen LogP contribution in [0, 0.1) is 22.0 Å². The van der Waals surface area contributed by atoms with Crippen LogP contribution in [0.15, 0.2) is 48.7 Å². The van der Waals surface area contributed by atoms with Crippen LogP contribution in [0.2, 0.25) is 0 Å². The van der Waals surface area contributed by atoms with Crippen molar-refractivity contribution in [2.24, 2.45) is 11.8 Å². The number of nitrogens with zero attached hydrogens (tertiary/aromatic N) is 2. The highest BCUT2D eigenvalue weighted by Gasteiger charge is 2.49. The Hall–Kier alpha value is -3.68. The van der Waals surface area contributed by atoms with Gasteiger partial charge in [0, 0.05) is 29.7 Å². The monoisotopic (exact) mass is 432 g/mol. The molecule has 5 rings (SSSR count). The van der Waals surface area contributed by atoms with Crippen LogP contribution in [0.5, 0.6) is 0 Å². The predicted molar refractivity (Wildman–Crippen MR) is 122 cm³/mol. The summed E-state index contributed by atoms with van der Waals surface area (Å²) >= 11 is 0. The minimum atomic E-state index is -0.477. The summed E-state index contributed by atoms with van der Waals surface area (Å²) in [6.07, 6.45) is 5.94. The van der Waals surface area contributed by atoms with Crippen molar-refractivity contribution >= 4 is 39.8 Å². The largest absolute Gasteiger partial charge is 0.379 e. The van der Waals surface area contributed by atoms with E-state index in [1.165, 1.54) is 6.07 Å². The second-order valence-electron chi connectivity index (χ2n) is 8.50. The van der Waals surface area contributed by atoms with Gasteiger partial charge in [0.2, 0.25) is 11.8 Å². The lowest BCUT2D eigenvalue weighted by atomic mass is 9.81. The highest BCUT2D eigenvalue weighted by atomic mass is 16.6. The summed E-state index contributed by atoms with van der Waals surface area (Å²) in [7, 11) is 0. The molecule has 2 fully saturated rings. The van der Waals surface area contributed by atoms with Crippen molar-refractivity contribution in [1.29, 1.82) is 0 Å². The van der Waals surface area contributed by atoms with E-state index in [1.807, 2.05) is 30.5 Å². The van der Waals surface area contributed by atoms with Crippen LogP contribution in [0.3, 0.4) is 0 Å². The van der Waals surface area contributed by atoms with E-state index >= 15 is 0 Å². The summed E-state index contributed by atoms with van der Waals surface area (Å²) in [5, 5.41) is 16.0. The standard InChI is InChI=1S/C24H24N4O4/c29-23-18-6-1-2-7-19(18)24(30)27(23)16-9-10-21(22(13-16)28(31)32)25-12-11-15-14-26-20-8-4-3-5-17(15)20/h3-5,8-10,13-14,18-19,25-26H,1-2,6-7,11-12H2/t18-,19-/m1/s1. The van der Waals surface area contributed by atoms with Crippen molar-refractivity contribution < 1.29 is 14.5 Å². The van der Waals surface area contributed by atoms with Crippen molar-refractivity contribution in [3.63, 3.8) is 0 Å². The molecule has 1 aliphatic carbocycles. The quantitative estimate of drug-likeness (QED) is 0.341. The predicted octanol–water partition coefficient (Wildman–Crippen LogP) is 4.41. The third-order valence-electron chi connectivity index (χ3n) is 6.66. The van der Waals surface area contributed by atoms with Crippen LogP contribution in [-0.2, 0) is 16.0 Å². The van der Waals surface area contributed by atoms with Gasteiger partial charge in [0.1, 0.15) is 5.69 Å². The van der Waals surface area contributed by atoms with Crippen molar-refractivity contribution in [2.45, 2.75) is 32.1 Å². The van der Waals surface area contributed by atoms with Gasteiger partial charge >= 0.3 is 0 Å². The molecule has 2 N–H and O–H groups in total. The van der Waals surface area contributed by atoms with Crippen LogP contribution < -0.4 is 10.2 Å². The molecule has 1 aliphatic heterocycles. The number of H-pyrrole nitrogens is 1. The Morgan fingerprint density at radius 1 is 1.06 bits per heavy atom. The van der Waals surface area contributed by atoms with Gasteiger partial charge in [0.05, 0.1) is 22.4 Å². The van der Waals surface area contributed by atoms with Gasteiger partial charge in [0.15, 0.2) is 0 Å². The molecule has 0 radical (unpaired) electrons. The smallest absolute Gasteiger partial charge is 0.294 e. The van der Waals surface area contributed by atoms with Crippen molar-refractivity contribution in [3.05, 3.63) is 64.3 Å². The molecular weight excluding hydrogens is 408 g/mol. The molecule has 1 saturated heterocycles. The van der Waals surface area contributed by atoms with E-state index in [2.05, 4.69) is 10.3 Å². The number of carbonyl (C=O) groups is 2. The van der Waals surface area contributed by atoms with E-state index in [9.17, 15) is 19.7 Å². The number of aromatic amines is 1. The molecule has 8 nitrogen and oxygen atoms in total. The Morgan fingerprint density at radius 2 is 1.78 bits per heavy atom. The first-order valence-electron chi connectivity index (χ1n) is 11.0. The Bertz CT molecular complexity index is 1190. The number of nitrogens with one attached hydrogen (secondary N) is 2. The summed E-state index contributed by atoms with van der Waals surface area (Å²) in [6.45, 7) is 0.508. The number of nitro groups is 1. The SMILES string of the molecule is O=C1[C@@H]2CCCC[C@H]2C(=O)N1c1ccc(NCCc2c[nH]c3ccccc23)c([N+](=O)[O-])c1. The lowest BCUT2D eigenvalue weighted by molar-refractivity contribution is -0.383. The Labute approximate surface area is 184 Å². The maximum absolute atomic E-state index is 12.8. The van der Waals surface area contributed by atoms with Crippen LogP contribution in [0.4, 0.5) is 17.1 Å². The Morgan fingerprint density at radius 3 is 2.50 bits per heavy atom. The molecular formula is C24H24N4O4. The van der Waals surface area contributed by atoms with E-state index in [4.69, 9.17) is 0 Å². The minimum Gasteiger partial charge on any atom is -0.379 e. The number of nitro benzene ring substituents is 1. The molecule has 0 bridgehead atoms. The zero-order valence-electron chi connectivity index (χ0n) is 17.5. The normalized spacial score (nSPS) is 20.6. The van der Waals surface area contributed by atoms with Gasteiger partial charge in [-0.25, -0.2) is 4.90 Å². The first-order chi connectivity index (χ1) is 15.5. The van der Waals surface area contributed by atoms with Gasteiger partial charge in [-0.2, -0.15) is 0 Å². The topological polar surface area (TPSA) is 108 Å². The average Bonchev–Trinajstić information content (AvgIpc) is 3.33. The second kappa shape index (κ2) is 8.11. The molecule has 1 aromatic heterocycles. The summed E-state index contributed by atoms with van der Waals surface area (Å²) in [6, 6.07) is 12.5. The van der Waals surface area contributed by atoms with Gasteiger partial charge in [-0.3, -0.25) is 19.7 Å². The molecule has 1 saturated carbocycles. The zero-order chi connectivity index (χ0) is 22.2. The number of aromatic nitrogens is 1. The number of hydrogen-bond donors (Lipinski definition) is 2. The fourth-order valence-electron chi connectivity index (χ4n) is 5.05. The molecule has 2 aliphatic rings. The molecule has 2 atom stereocenters. The number of amides is 2. The van der Waals surface area contributed by atoms with Crippen LogP contribution in [0.1, 0.15) is 31.2 Å². The first kappa shape index (κ1) is 20.2. The second-order valence-corrected chi connectivity index (χ2v) is 8.50. The molecule has 0 spiro atoms. The summed E-state index contributed by atoms with van der Waals surface area (Å²) < 4.78 is 0. The number of carbonyl (C=O) groups excluding carboxylic acids is 2. The van der Waals surface area contributed by atoms with Crippen molar-refractivity contribution in [3.8, 4) is 0 Å². The van der Waals surface area contributed by atoms with Crippen molar-refractivity contribution in [1.82, 2.24) is 4.98 Å². The maximum atomic E-state index is 12.8. The van der Waals surface area contributed by atoms with E-state index in [-0.39, 0.29) is 35.0 Å². The number of rotatable bonds is 6. The third-order valence-corrected chi connectivity index (χ3v) is 6.66. The van der Waals surface area contributed by atoms with Crippen LogP contribution in [-0.4, -0.2) is 28.3 Å². The molecule has 2 heterocycles. The molecule has 8 heteroatoms. The first-order valence-corrected chi connectivity index (χ1v) is 11.0. The van der Waals surface area contributed by atoms with Gasteiger partial charge in [-0.05, 0) is 43.0 Å². The van der Waals surface area contributed by atoms with Crippen LogP contribution >= 0.6 is 0 Å². The Kier molecular flexibility index (Phi) is 5.13. The molecule has 32 heavy (non-hydrogen) atoms. The van der Waals surface area contributed by atoms with Gasteiger partial charge < -0.3 is 10.3 Å². The van der Waals surface area contributed by atoms with Gasteiger partial charge in [0.25, 0.3) is 5.69 Å². The fraction of sp³-hybridized carbons (Fsp3) is 0.333.